The molecular weight excluding hydrogens is 238 g/mol. The van der Waals surface area contributed by atoms with E-state index in [4.69, 9.17) is 16.3 Å². The van der Waals surface area contributed by atoms with E-state index < -0.39 is 0 Å². The summed E-state index contributed by atoms with van der Waals surface area (Å²) < 4.78 is 5.04. The van der Waals surface area contributed by atoms with Crippen LogP contribution in [-0.2, 0) is 0 Å². The summed E-state index contributed by atoms with van der Waals surface area (Å²) in [4.78, 5) is 11.9. The summed E-state index contributed by atoms with van der Waals surface area (Å²) in [7, 11) is 1.59. The monoisotopic (exact) mass is 255 g/mol. The molecule has 0 spiro atoms. The number of hydrogen-bond donors (Lipinski definition) is 1. The summed E-state index contributed by atoms with van der Waals surface area (Å²) in [6, 6.07) is 6.99. The van der Waals surface area contributed by atoms with Crippen LogP contribution in [0.25, 0.3) is 0 Å². The van der Waals surface area contributed by atoms with Crippen LogP contribution in [0.5, 0.6) is 5.75 Å². The molecule has 17 heavy (non-hydrogen) atoms. The topological polar surface area (TPSA) is 38.3 Å². The van der Waals surface area contributed by atoms with Gasteiger partial charge in [0, 0.05) is 17.5 Å². The van der Waals surface area contributed by atoms with Crippen LogP contribution in [0.1, 0.15) is 24.2 Å². The van der Waals surface area contributed by atoms with Crippen molar-refractivity contribution in [3.63, 3.8) is 0 Å². The highest BCUT2D eigenvalue weighted by molar-refractivity contribution is 6.18. The van der Waals surface area contributed by atoms with Crippen LogP contribution in [0.4, 0.5) is 0 Å². The molecule has 1 aromatic carbocycles. The van der Waals surface area contributed by atoms with Crippen LogP contribution < -0.4 is 10.1 Å². The Hall–Kier alpha value is -1.22. The molecule has 0 aliphatic heterocycles. The molecule has 1 rings (SSSR count). The van der Waals surface area contributed by atoms with Crippen molar-refractivity contribution in [1.82, 2.24) is 5.32 Å². The van der Waals surface area contributed by atoms with Crippen LogP contribution in [-0.4, -0.2) is 24.9 Å². The van der Waals surface area contributed by atoms with Crippen molar-refractivity contribution in [1.29, 1.82) is 0 Å². The molecule has 0 saturated carbocycles. The Morgan fingerprint density at radius 2 is 1.94 bits per heavy atom. The van der Waals surface area contributed by atoms with Gasteiger partial charge < -0.3 is 10.1 Å². The molecule has 4 heteroatoms. The number of hydrogen-bond acceptors (Lipinski definition) is 2. The van der Waals surface area contributed by atoms with Gasteiger partial charge in [-0.2, -0.15) is 0 Å². The van der Waals surface area contributed by atoms with Gasteiger partial charge in [-0.05, 0) is 30.2 Å². The van der Waals surface area contributed by atoms with Crippen LogP contribution in [0.3, 0.4) is 0 Å². The molecule has 0 bridgehead atoms. The molecule has 0 saturated heterocycles. The lowest BCUT2D eigenvalue weighted by atomic mass is 10.1. The minimum Gasteiger partial charge on any atom is -0.497 e. The first-order valence-corrected chi connectivity index (χ1v) is 6.12. The molecule has 0 aliphatic rings. The molecule has 0 heterocycles. The van der Waals surface area contributed by atoms with Crippen LogP contribution in [0.15, 0.2) is 24.3 Å². The number of ether oxygens (including phenoxy) is 1. The summed E-state index contributed by atoms with van der Waals surface area (Å²) in [5.74, 6) is 1.36. The second-order valence-corrected chi connectivity index (χ2v) is 4.52. The normalized spacial score (nSPS) is 12.3. The maximum atomic E-state index is 11.9. The van der Waals surface area contributed by atoms with E-state index in [1.807, 2.05) is 13.8 Å². The standard InChI is InChI=1S/C13H18ClNO2/c1-9(2)12(8-14)15-13(16)10-4-6-11(17-3)7-5-10/h4-7,9,12H,8H2,1-3H3,(H,15,16). The van der Waals surface area contributed by atoms with Crippen molar-refractivity contribution in [3.8, 4) is 5.75 Å². The third kappa shape index (κ3) is 3.93. The smallest absolute Gasteiger partial charge is 0.251 e. The minimum atomic E-state index is -0.105. The Morgan fingerprint density at radius 3 is 2.35 bits per heavy atom. The van der Waals surface area contributed by atoms with E-state index >= 15 is 0 Å². The Morgan fingerprint density at radius 1 is 1.35 bits per heavy atom. The van der Waals surface area contributed by atoms with Gasteiger partial charge in [0.2, 0.25) is 0 Å². The van der Waals surface area contributed by atoms with Crippen molar-refractivity contribution in [3.05, 3.63) is 29.8 Å². The van der Waals surface area contributed by atoms with Gasteiger partial charge in [0.25, 0.3) is 5.91 Å². The first-order chi connectivity index (χ1) is 8.08. The number of nitrogens with one attached hydrogen (secondary N) is 1. The summed E-state index contributed by atoms with van der Waals surface area (Å²) in [5.41, 5.74) is 0.613. The van der Waals surface area contributed by atoms with Crippen molar-refractivity contribution >= 4 is 17.5 Å². The van der Waals surface area contributed by atoms with Crippen LogP contribution in [0, 0.1) is 5.92 Å². The van der Waals surface area contributed by atoms with E-state index in [1.54, 1.807) is 31.4 Å². The van der Waals surface area contributed by atoms with E-state index in [0.29, 0.717) is 17.4 Å². The predicted octanol–water partition coefficient (Wildman–Crippen LogP) is 2.69. The lowest BCUT2D eigenvalue weighted by molar-refractivity contribution is 0.0931. The van der Waals surface area contributed by atoms with E-state index in [-0.39, 0.29) is 11.9 Å². The number of halogens is 1. The third-order valence-corrected chi connectivity index (χ3v) is 2.97. The highest BCUT2D eigenvalue weighted by Crippen LogP contribution is 2.12. The van der Waals surface area contributed by atoms with E-state index in [9.17, 15) is 4.79 Å². The molecule has 1 N–H and O–H groups in total. The molecule has 0 fully saturated rings. The molecule has 0 radical (unpaired) electrons. The molecule has 1 atom stereocenters. The number of carbonyl (C=O) groups is 1. The average molecular weight is 256 g/mol. The van der Waals surface area contributed by atoms with Crippen molar-refractivity contribution < 1.29 is 9.53 Å². The highest BCUT2D eigenvalue weighted by atomic mass is 35.5. The Labute approximate surface area is 107 Å². The Kier molecular flexibility index (Phi) is 5.29. The fraction of sp³-hybridized carbons (Fsp3) is 0.462. The maximum absolute atomic E-state index is 11.9. The molecule has 1 unspecified atom stereocenters. The van der Waals surface area contributed by atoms with E-state index in [2.05, 4.69) is 5.32 Å². The third-order valence-electron chi connectivity index (χ3n) is 2.64. The van der Waals surface area contributed by atoms with Gasteiger partial charge in [-0.3, -0.25) is 4.79 Å². The van der Waals surface area contributed by atoms with Gasteiger partial charge in [0.05, 0.1) is 7.11 Å². The minimum absolute atomic E-state index is 0.00808. The summed E-state index contributed by atoms with van der Waals surface area (Å²) >= 11 is 5.81. The van der Waals surface area contributed by atoms with Gasteiger partial charge in [0.1, 0.15) is 5.75 Å². The zero-order valence-electron chi connectivity index (χ0n) is 10.4. The van der Waals surface area contributed by atoms with Crippen LogP contribution in [0.2, 0.25) is 0 Å². The number of alkyl halides is 1. The molecule has 0 aliphatic carbocycles. The van der Waals surface area contributed by atoms with Gasteiger partial charge in [-0.1, -0.05) is 13.8 Å². The summed E-state index contributed by atoms with van der Waals surface area (Å²) in [6.45, 7) is 4.06. The van der Waals surface area contributed by atoms with E-state index in [0.717, 1.165) is 5.75 Å². The van der Waals surface area contributed by atoms with Gasteiger partial charge in [0.15, 0.2) is 0 Å². The summed E-state index contributed by atoms with van der Waals surface area (Å²) in [6.07, 6.45) is 0. The molecule has 3 nitrogen and oxygen atoms in total. The van der Waals surface area contributed by atoms with Crippen molar-refractivity contribution in [2.45, 2.75) is 19.9 Å². The predicted molar refractivity (Wildman–Crippen MR) is 69.8 cm³/mol. The molecule has 1 aromatic rings. The fourth-order valence-corrected chi connectivity index (χ4v) is 1.81. The van der Waals surface area contributed by atoms with Gasteiger partial charge in [-0.15, -0.1) is 11.6 Å². The largest absolute Gasteiger partial charge is 0.497 e. The fourth-order valence-electron chi connectivity index (χ4n) is 1.38. The first kappa shape index (κ1) is 13.8. The first-order valence-electron chi connectivity index (χ1n) is 5.59. The lowest BCUT2D eigenvalue weighted by Gasteiger charge is -2.19. The van der Waals surface area contributed by atoms with Crippen molar-refractivity contribution in [2.24, 2.45) is 5.92 Å². The molecular formula is C13H18ClNO2. The molecule has 0 aromatic heterocycles. The SMILES string of the molecule is COc1ccc(C(=O)NC(CCl)C(C)C)cc1. The number of amides is 1. The second kappa shape index (κ2) is 6.50. The quantitative estimate of drug-likeness (QED) is 0.822. The zero-order valence-corrected chi connectivity index (χ0v) is 11.1. The molecule has 94 valence electrons. The number of methoxy groups -OCH3 is 1. The maximum Gasteiger partial charge on any atom is 0.251 e. The number of benzene rings is 1. The number of rotatable bonds is 5. The molecule has 1 amide bonds. The average Bonchev–Trinajstić information content (AvgIpc) is 2.35. The second-order valence-electron chi connectivity index (χ2n) is 4.21. The zero-order chi connectivity index (χ0) is 12.8. The van der Waals surface area contributed by atoms with E-state index in [1.165, 1.54) is 0 Å². The van der Waals surface area contributed by atoms with Crippen molar-refractivity contribution in [2.75, 3.05) is 13.0 Å². The van der Waals surface area contributed by atoms with Gasteiger partial charge >= 0.3 is 0 Å². The van der Waals surface area contributed by atoms with Gasteiger partial charge in [-0.25, -0.2) is 0 Å². The number of carbonyl (C=O) groups excluding carboxylic acids is 1. The van der Waals surface area contributed by atoms with Crippen LogP contribution >= 0.6 is 11.6 Å². The summed E-state index contributed by atoms with van der Waals surface area (Å²) in [5, 5.41) is 2.91. The Bertz CT molecular complexity index is 362. The Balaban J connectivity index is 2.68. The highest BCUT2D eigenvalue weighted by Gasteiger charge is 2.15. The lowest BCUT2D eigenvalue weighted by Crippen LogP contribution is -2.39.